The number of rotatable bonds is 5. The Hall–Kier alpha value is -0.610. The van der Waals surface area contributed by atoms with Gasteiger partial charge in [-0.05, 0) is 25.3 Å². The minimum atomic E-state index is 0.146. The summed E-state index contributed by atoms with van der Waals surface area (Å²) in [6.45, 7) is 4.82. The van der Waals surface area contributed by atoms with Crippen LogP contribution in [0.5, 0.6) is 0 Å². The number of nitrogens with one attached hydrogen (secondary N) is 2. The molecule has 0 aromatic rings. The Labute approximate surface area is 91.8 Å². The summed E-state index contributed by atoms with van der Waals surface area (Å²) in [7, 11) is 1.66. The Morgan fingerprint density at radius 2 is 2.40 bits per heavy atom. The zero-order chi connectivity index (χ0) is 11.1. The van der Waals surface area contributed by atoms with Gasteiger partial charge < -0.3 is 15.4 Å². The highest BCUT2D eigenvalue weighted by molar-refractivity contribution is 5.76. The van der Waals surface area contributed by atoms with Gasteiger partial charge >= 0.3 is 0 Å². The van der Waals surface area contributed by atoms with Crippen molar-refractivity contribution in [1.82, 2.24) is 10.6 Å². The highest BCUT2D eigenvalue weighted by Crippen LogP contribution is 2.11. The molecule has 0 aromatic carbocycles. The average molecular weight is 214 g/mol. The standard InChI is InChI=1S/C11H22N2O2/c1-9-5-6-12-8-10(9)13-11(14)4-3-7-15-2/h9-10,12H,3-8H2,1-2H3,(H,13,14). The number of amides is 1. The number of hydrogen-bond donors (Lipinski definition) is 2. The summed E-state index contributed by atoms with van der Waals surface area (Å²) < 4.78 is 4.91. The summed E-state index contributed by atoms with van der Waals surface area (Å²) in [5.74, 6) is 0.727. The second-order valence-electron chi connectivity index (χ2n) is 4.24. The van der Waals surface area contributed by atoms with Crippen molar-refractivity contribution in [3.8, 4) is 0 Å². The first-order chi connectivity index (χ1) is 7.24. The van der Waals surface area contributed by atoms with Crippen LogP contribution in [-0.2, 0) is 9.53 Å². The fourth-order valence-corrected chi connectivity index (χ4v) is 1.84. The topological polar surface area (TPSA) is 50.4 Å². The fraction of sp³-hybridized carbons (Fsp3) is 0.909. The summed E-state index contributed by atoms with van der Waals surface area (Å²) in [5, 5.41) is 6.37. The van der Waals surface area contributed by atoms with E-state index in [4.69, 9.17) is 4.74 Å². The SMILES string of the molecule is COCCCC(=O)NC1CNCCC1C. The van der Waals surface area contributed by atoms with E-state index in [0.717, 1.165) is 25.9 Å². The van der Waals surface area contributed by atoms with E-state index in [1.54, 1.807) is 7.11 Å². The minimum absolute atomic E-state index is 0.146. The molecule has 1 rings (SSSR count). The van der Waals surface area contributed by atoms with Crippen LogP contribution in [0.2, 0.25) is 0 Å². The normalized spacial score (nSPS) is 26.3. The van der Waals surface area contributed by atoms with E-state index < -0.39 is 0 Å². The molecule has 1 amide bonds. The van der Waals surface area contributed by atoms with Crippen molar-refractivity contribution in [2.45, 2.75) is 32.2 Å². The van der Waals surface area contributed by atoms with Crippen LogP contribution in [0.15, 0.2) is 0 Å². The lowest BCUT2D eigenvalue weighted by molar-refractivity contribution is -0.122. The van der Waals surface area contributed by atoms with Gasteiger partial charge in [0.1, 0.15) is 0 Å². The van der Waals surface area contributed by atoms with Gasteiger partial charge in [-0.1, -0.05) is 6.92 Å². The average Bonchev–Trinajstić information content (AvgIpc) is 2.22. The highest BCUT2D eigenvalue weighted by atomic mass is 16.5. The number of ether oxygens (including phenoxy) is 1. The third-order valence-corrected chi connectivity index (χ3v) is 2.93. The van der Waals surface area contributed by atoms with E-state index in [0.29, 0.717) is 25.0 Å². The summed E-state index contributed by atoms with van der Waals surface area (Å²) in [5.41, 5.74) is 0. The molecule has 1 aliphatic heterocycles. The molecule has 0 saturated carbocycles. The van der Waals surface area contributed by atoms with Gasteiger partial charge in [-0.15, -0.1) is 0 Å². The summed E-state index contributed by atoms with van der Waals surface area (Å²) in [6.07, 6.45) is 2.51. The second-order valence-corrected chi connectivity index (χ2v) is 4.24. The molecule has 0 aromatic heterocycles. The van der Waals surface area contributed by atoms with Gasteiger partial charge in [0.25, 0.3) is 0 Å². The van der Waals surface area contributed by atoms with Gasteiger partial charge in [-0.2, -0.15) is 0 Å². The zero-order valence-corrected chi connectivity index (χ0v) is 9.71. The number of carbonyl (C=O) groups excluding carboxylic acids is 1. The van der Waals surface area contributed by atoms with E-state index in [1.165, 1.54) is 0 Å². The molecule has 0 bridgehead atoms. The van der Waals surface area contributed by atoms with Crippen molar-refractivity contribution < 1.29 is 9.53 Å². The van der Waals surface area contributed by atoms with Gasteiger partial charge in [0.15, 0.2) is 0 Å². The molecule has 0 aliphatic carbocycles. The van der Waals surface area contributed by atoms with Gasteiger partial charge in [0, 0.05) is 32.7 Å². The third-order valence-electron chi connectivity index (χ3n) is 2.93. The van der Waals surface area contributed by atoms with Gasteiger partial charge in [-0.3, -0.25) is 4.79 Å². The van der Waals surface area contributed by atoms with Crippen LogP contribution in [0.3, 0.4) is 0 Å². The summed E-state index contributed by atoms with van der Waals surface area (Å²) in [6, 6.07) is 0.300. The Bertz CT molecular complexity index is 197. The van der Waals surface area contributed by atoms with E-state index >= 15 is 0 Å². The molecule has 1 fully saturated rings. The van der Waals surface area contributed by atoms with Crippen LogP contribution in [0, 0.1) is 5.92 Å². The molecule has 4 nitrogen and oxygen atoms in total. The van der Waals surface area contributed by atoms with Gasteiger partial charge in [0.2, 0.25) is 5.91 Å². The predicted octanol–water partition coefficient (Wildman–Crippen LogP) is 0.527. The van der Waals surface area contributed by atoms with Crippen LogP contribution < -0.4 is 10.6 Å². The van der Waals surface area contributed by atoms with Crippen molar-refractivity contribution >= 4 is 5.91 Å². The number of hydrogen-bond acceptors (Lipinski definition) is 3. The van der Waals surface area contributed by atoms with Crippen molar-refractivity contribution in [3.05, 3.63) is 0 Å². The minimum Gasteiger partial charge on any atom is -0.385 e. The quantitative estimate of drug-likeness (QED) is 0.656. The number of methoxy groups -OCH3 is 1. The first kappa shape index (κ1) is 12.5. The summed E-state index contributed by atoms with van der Waals surface area (Å²) >= 11 is 0. The molecule has 4 heteroatoms. The second kappa shape index (κ2) is 6.80. The molecule has 15 heavy (non-hydrogen) atoms. The Morgan fingerprint density at radius 3 is 3.07 bits per heavy atom. The zero-order valence-electron chi connectivity index (χ0n) is 9.71. The molecule has 1 saturated heterocycles. The Balaban J connectivity index is 2.18. The van der Waals surface area contributed by atoms with E-state index in [-0.39, 0.29) is 5.91 Å². The molecular weight excluding hydrogens is 192 g/mol. The molecule has 2 N–H and O–H groups in total. The lowest BCUT2D eigenvalue weighted by atomic mass is 9.95. The molecule has 2 unspecified atom stereocenters. The van der Waals surface area contributed by atoms with Crippen molar-refractivity contribution in [3.63, 3.8) is 0 Å². The molecule has 2 atom stereocenters. The lowest BCUT2D eigenvalue weighted by Crippen LogP contribution is -2.50. The Kier molecular flexibility index (Phi) is 5.65. The monoisotopic (exact) mass is 214 g/mol. The molecule has 1 aliphatic rings. The maximum atomic E-state index is 11.5. The van der Waals surface area contributed by atoms with Crippen molar-refractivity contribution in [2.75, 3.05) is 26.8 Å². The van der Waals surface area contributed by atoms with Crippen LogP contribution >= 0.6 is 0 Å². The van der Waals surface area contributed by atoms with Gasteiger partial charge in [-0.25, -0.2) is 0 Å². The summed E-state index contributed by atoms with van der Waals surface area (Å²) in [4.78, 5) is 11.5. The van der Waals surface area contributed by atoms with Crippen LogP contribution in [0.25, 0.3) is 0 Å². The molecule has 1 heterocycles. The maximum Gasteiger partial charge on any atom is 0.220 e. The van der Waals surface area contributed by atoms with E-state index in [9.17, 15) is 4.79 Å². The smallest absolute Gasteiger partial charge is 0.220 e. The van der Waals surface area contributed by atoms with Gasteiger partial charge in [0.05, 0.1) is 0 Å². The lowest BCUT2D eigenvalue weighted by Gasteiger charge is -2.30. The van der Waals surface area contributed by atoms with Crippen LogP contribution in [-0.4, -0.2) is 38.8 Å². The first-order valence-electron chi connectivity index (χ1n) is 5.73. The molecule has 0 radical (unpaired) electrons. The van der Waals surface area contributed by atoms with E-state index in [2.05, 4.69) is 17.6 Å². The predicted molar refractivity (Wildman–Crippen MR) is 59.7 cm³/mol. The van der Waals surface area contributed by atoms with Crippen LogP contribution in [0.1, 0.15) is 26.2 Å². The maximum absolute atomic E-state index is 11.5. The number of piperidine rings is 1. The fourth-order valence-electron chi connectivity index (χ4n) is 1.84. The molecule has 88 valence electrons. The highest BCUT2D eigenvalue weighted by Gasteiger charge is 2.21. The molecule has 0 spiro atoms. The van der Waals surface area contributed by atoms with Crippen molar-refractivity contribution in [2.24, 2.45) is 5.92 Å². The van der Waals surface area contributed by atoms with Crippen LogP contribution in [0.4, 0.5) is 0 Å². The molecular formula is C11H22N2O2. The Morgan fingerprint density at radius 1 is 1.60 bits per heavy atom. The third kappa shape index (κ3) is 4.62. The van der Waals surface area contributed by atoms with Crippen molar-refractivity contribution in [1.29, 1.82) is 0 Å². The number of carbonyl (C=O) groups is 1. The first-order valence-corrected chi connectivity index (χ1v) is 5.73. The van der Waals surface area contributed by atoms with E-state index in [1.807, 2.05) is 0 Å². The largest absolute Gasteiger partial charge is 0.385 e.